The molecule has 1 aliphatic carbocycles. The van der Waals surface area contributed by atoms with E-state index in [1.807, 2.05) is 5.38 Å². The van der Waals surface area contributed by atoms with Gasteiger partial charge in [-0.05, 0) is 30.2 Å². The Morgan fingerprint density at radius 2 is 2.07 bits per heavy atom. The largest absolute Gasteiger partial charge is 0.368 e. The molecule has 0 radical (unpaired) electrons. The van der Waals surface area contributed by atoms with Crippen molar-refractivity contribution >= 4 is 28.9 Å². The zero-order chi connectivity index (χ0) is 18.8. The van der Waals surface area contributed by atoms with Gasteiger partial charge >= 0.3 is 0 Å². The summed E-state index contributed by atoms with van der Waals surface area (Å²) in [6.45, 7) is 0.614. The van der Waals surface area contributed by atoms with Gasteiger partial charge in [0.2, 0.25) is 5.91 Å². The molecule has 0 spiro atoms. The van der Waals surface area contributed by atoms with Gasteiger partial charge in [-0.3, -0.25) is 14.4 Å². The van der Waals surface area contributed by atoms with Crippen LogP contribution in [0.3, 0.4) is 0 Å². The van der Waals surface area contributed by atoms with Gasteiger partial charge in [0, 0.05) is 11.9 Å². The molecule has 3 aliphatic rings. The lowest BCUT2D eigenvalue weighted by Crippen LogP contribution is -2.52. The van der Waals surface area contributed by atoms with Crippen LogP contribution in [0.15, 0.2) is 16.8 Å². The minimum atomic E-state index is -0.576. The Morgan fingerprint density at radius 3 is 2.81 bits per heavy atom. The highest BCUT2D eigenvalue weighted by molar-refractivity contribution is 7.08. The SMILES string of the molecule is O=C(N[C@@H](CC1CCCCC1)C(=O)N1CCC2OCC(=O)C21)c1ccsc1. The molecule has 1 aromatic heterocycles. The lowest BCUT2D eigenvalue weighted by atomic mass is 9.84. The number of likely N-dealkylation sites (tertiary alicyclic amines) is 1. The van der Waals surface area contributed by atoms with Gasteiger partial charge in [0.15, 0.2) is 5.78 Å². The Morgan fingerprint density at radius 1 is 1.26 bits per heavy atom. The molecule has 2 saturated heterocycles. The van der Waals surface area contributed by atoms with E-state index in [0.29, 0.717) is 30.9 Å². The lowest BCUT2D eigenvalue weighted by molar-refractivity contribution is -0.138. The number of hydrogen-bond donors (Lipinski definition) is 1. The van der Waals surface area contributed by atoms with Gasteiger partial charge in [-0.1, -0.05) is 32.1 Å². The number of amides is 2. The van der Waals surface area contributed by atoms with E-state index in [1.54, 1.807) is 16.3 Å². The van der Waals surface area contributed by atoms with Crippen molar-refractivity contribution in [2.45, 2.75) is 63.1 Å². The molecule has 3 fully saturated rings. The molecule has 27 heavy (non-hydrogen) atoms. The van der Waals surface area contributed by atoms with Crippen LogP contribution >= 0.6 is 11.3 Å². The first kappa shape index (κ1) is 18.6. The molecule has 4 rings (SSSR count). The number of nitrogens with one attached hydrogen (secondary N) is 1. The number of ketones is 1. The molecule has 2 aliphatic heterocycles. The molecule has 0 bridgehead atoms. The fraction of sp³-hybridized carbons (Fsp3) is 0.650. The van der Waals surface area contributed by atoms with Crippen molar-refractivity contribution in [1.29, 1.82) is 0 Å². The van der Waals surface area contributed by atoms with Gasteiger partial charge in [0.1, 0.15) is 18.7 Å². The number of rotatable bonds is 5. The van der Waals surface area contributed by atoms with Crippen molar-refractivity contribution in [2.75, 3.05) is 13.2 Å². The number of Topliss-reactive ketones (excluding diaryl/α,β-unsaturated/α-hetero) is 1. The topological polar surface area (TPSA) is 75.7 Å². The summed E-state index contributed by atoms with van der Waals surface area (Å²) in [5.74, 6) is 0.0847. The van der Waals surface area contributed by atoms with Gasteiger partial charge in [-0.15, -0.1) is 0 Å². The van der Waals surface area contributed by atoms with Crippen LogP contribution in [0, 0.1) is 5.92 Å². The van der Waals surface area contributed by atoms with E-state index < -0.39 is 12.1 Å². The number of nitrogens with zero attached hydrogens (tertiary/aromatic N) is 1. The van der Waals surface area contributed by atoms with E-state index in [4.69, 9.17) is 4.74 Å². The monoisotopic (exact) mass is 390 g/mol. The van der Waals surface area contributed by atoms with E-state index >= 15 is 0 Å². The first-order valence-electron chi connectivity index (χ1n) is 9.91. The first-order valence-corrected chi connectivity index (χ1v) is 10.9. The maximum Gasteiger partial charge on any atom is 0.252 e. The molecule has 6 nitrogen and oxygen atoms in total. The quantitative estimate of drug-likeness (QED) is 0.838. The van der Waals surface area contributed by atoms with Crippen LogP contribution in [0.4, 0.5) is 0 Å². The summed E-state index contributed by atoms with van der Waals surface area (Å²) in [6.07, 6.45) is 6.99. The van der Waals surface area contributed by atoms with Crippen LogP contribution in [0.1, 0.15) is 55.3 Å². The maximum absolute atomic E-state index is 13.3. The molecule has 3 atom stereocenters. The van der Waals surface area contributed by atoms with Crippen LogP contribution in [-0.2, 0) is 14.3 Å². The maximum atomic E-state index is 13.3. The highest BCUT2D eigenvalue weighted by Crippen LogP contribution is 2.31. The Labute approximate surface area is 163 Å². The minimum Gasteiger partial charge on any atom is -0.368 e. The van der Waals surface area contributed by atoms with Crippen molar-refractivity contribution < 1.29 is 19.1 Å². The third kappa shape index (κ3) is 3.94. The predicted molar refractivity (Wildman–Crippen MR) is 102 cm³/mol. The summed E-state index contributed by atoms with van der Waals surface area (Å²) in [5, 5.41) is 6.61. The molecule has 2 amide bonds. The summed E-state index contributed by atoms with van der Waals surface area (Å²) >= 11 is 1.46. The van der Waals surface area contributed by atoms with Crippen molar-refractivity contribution in [3.8, 4) is 0 Å². The zero-order valence-corrected chi connectivity index (χ0v) is 16.2. The van der Waals surface area contributed by atoms with Crippen LogP contribution < -0.4 is 5.32 Å². The molecule has 0 aromatic carbocycles. The van der Waals surface area contributed by atoms with Crippen LogP contribution in [-0.4, -0.2) is 53.8 Å². The molecular weight excluding hydrogens is 364 g/mol. The highest BCUT2D eigenvalue weighted by atomic mass is 32.1. The van der Waals surface area contributed by atoms with E-state index in [-0.39, 0.29) is 30.3 Å². The van der Waals surface area contributed by atoms with Crippen molar-refractivity contribution in [3.05, 3.63) is 22.4 Å². The molecule has 3 heterocycles. The van der Waals surface area contributed by atoms with E-state index in [0.717, 1.165) is 12.8 Å². The summed E-state index contributed by atoms with van der Waals surface area (Å²) in [7, 11) is 0. The van der Waals surface area contributed by atoms with Gasteiger partial charge in [-0.25, -0.2) is 0 Å². The third-order valence-corrected chi connectivity index (χ3v) is 6.76. The Kier molecular flexibility index (Phi) is 5.59. The van der Waals surface area contributed by atoms with Crippen molar-refractivity contribution in [1.82, 2.24) is 10.2 Å². The first-order chi connectivity index (χ1) is 13.1. The van der Waals surface area contributed by atoms with Crippen molar-refractivity contribution in [2.24, 2.45) is 5.92 Å². The van der Waals surface area contributed by atoms with Gasteiger partial charge in [-0.2, -0.15) is 11.3 Å². The summed E-state index contributed by atoms with van der Waals surface area (Å²) in [4.78, 5) is 39.8. The van der Waals surface area contributed by atoms with Gasteiger partial charge < -0.3 is 15.0 Å². The molecule has 1 saturated carbocycles. The second-order valence-corrected chi connectivity index (χ2v) is 8.64. The molecule has 2 unspecified atom stereocenters. The molecule has 7 heteroatoms. The fourth-order valence-corrected chi connectivity index (χ4v) is 5.29. The summed E-state index contributed by atoms with van der Waals surface area (Å²) in [5.41, 5.74) is 0.584. The van der Waals surface area contributed by atoms with Crippen LogP contribution in [0.2, 0.25) is 0 Å². The van der Waals surface area contributed by atoms with Gasteiger partial charge in [0.05, 0.1) is 11.7 Å². The average molecular weight is 391 g/mol. The Hall–Kier alpha value is -1.73. The smallest absolute Gasteiger partial charge is 0.252 e. The second kappa shape index (κ2) is 8.10. The zero-order valence-electron chi connectivity index (χ0n) is 15.4. The molecule has 1 N–H and O–H groups in total. The standard InChI is InChI=1S/C20H26N2O4S/c23-16-11-26-17-6-8-22(18(16)17)20(25)15(10-13-4-2-1-3-5-13)21-19(24)14-7-9-27-12-14/h7,9,12-13,15,17-18H,1-6,8,10-11H2,(H,21,24)/t15-,17?,18?/m0/s1. The predicted octanol–water partition coefficient (Wildman–Crippen LogP) is 2.39. The number of fused-ring (bicyclic) bond motifs is 1. The number of hydrogen-bond acceptors (Lipinski definition) is 5. The van der Waals surface area contributed by atoms with Crippen LogP contribution in [0.5, 0.6) is 0 Å². The van der Waals surface area contributed by atoms with E-state index in [1.165, 1.54) is 30.6 Å². The van der Waals surface area contributed by atoms with Crippen molar-refractivity contribution in [3.63, 3.8) is 0 Å². The number of carbonyl (C=O) groups excluding carboxylic acids is 3. The Balaban J connectivity index is 1.50. The van der Waals surface area contributed by atoms with E-state index in [9.17, 15) is 14.4 Å². The normalized spacial score (nSPS) is 26.8. The van der Waals surface area contributed by atoms with Gasteiger partial charge in [0.25, 0.3) is 5.91 Å². The van der Waals surface area contributed by atoms with E-state index in [2.05, 4.69) is 5.32 Å². The summed E-state index contributed by atoms with van der Waals surface area (Å²) < 4.78 is 5.51. The Bertz CT molecular complexity index is 699. The summed E-state index contributed by atoms with van der Waals surface area (Å²) in [6, 6.07) is 0.722. The lowest BCUT2D eigenvalue weighted by Gasteiger charge is -2.31. The molecule has 1 aromatic rings. The van der Waals surface area contributed by atoms with Crippen LogP contribution in [0.25, 0.3) is 0 Å². The minimum absolute atomic E-state index is 0.0218. The number of ether oxygens (including phenoxy) is 1. The highest BCUT2D eigenvalue weighted by Gasteiger charge is 2.48. The fourth-order valence-electron chi connectivity index (χ4n) is 4.65. The number of carbonyl (C=O) groups is 3. The number of thiophene rings is 1. The third-order valence-electron chi connectivity index (χ3n) is 6.08. The molecular formula is C20H26N2O4S. The molecule has 146 valence electrons. The second-order valence-electron chi connectivity index (χ2n) is 7.86. The average Bonchev–Trinajstić information content (AvgIpc) is 3.41.